The number of hydroxylamine groups is 1. The molecule has 0 unspecified atom stereocenters. The fourth-order valence-electron chi connectivity index (χ4n) is 1.55. The zero-order valence-electron chi connectivity index (χ0n) is 10.4. The summed E-state index contributed by atoms with van der Waals surface area (Å²) < 4.78 is 5.46. The van der Waals surface area contributed by atoms with E-state index in [1.165, 1.54) is 47.9 Å². The number of carbonyl (C=O) groups excluding carboxylic acids is 1. The van der Waals surface area contributed by atoms with E-state index in [1.807, 2.05) is 0 Å². The normalized spacial score (nSPS) is 10.0. The molecular weight excluding hydrogens is 300 g/mol. The molecule has 7 nitrogen and oxygen atoms in total. The van der Waals surface area contributed by atoms with Gasteiger partial charge in [0.25, 0.3) is 11.6 Å². The molecule has 0 radical (unpaired) electrons. The molecule has 0 aliphatic carbocycles. The molecule has 108 valence electrons. The zero-order chi connectivity index (χ0) is 15.4. The molecule has 0 aliphatic heterocycles. The van der Waals surface area contributed by atoms with Crippen molar-refractivity contribution in [2.45, 2.75) is 0 Å². The van der Waals surface area contributed by atoms with E-state index in [1.54, 1.807) is 0 Å². The molecular formula is C13H9ClN2O5. The van der Waals surface area contributed by atoms with Gasteiger partial charge >= 0.3 is 0 Å². The molecule has 1 amide bonds. The van der Waals surface area contributed by atoms with Gasteiger partial charge in [-0.3, -0.25) is 20.1 Å². The number of nitrogens with zero attached hydrogens (tertiary/aromatic N) is 1. The molecule has 2 aromatic rings. The summed E-state index contributed by atoms with van der Waals surface area (Å²) in [5, 5.41) is 19.2. The fourth-order valence-corrected chi connectivity index (χ4v) is 1.77. The highest BCUT2D eigenvalue weighted by molar-refractivity contribution is 6.32. The Morgan fingerprint density at radius 1 is 1.24 bits per heavy atom. The van der Waals surface area contributed by atoms with Crippen LogP contribution in [-0.2, 0) is 0 Å². The van der Waals surface area contributed by atoms with Crippen molar-refractivity contribution in [3.8, 4) is 11.5 Å². The summed E-state index contributed by atoms with van der Waals surface area (Å²) in [7, 11) is 0. The van der Waals surface area contributed by atoms with E-state index < -0.39 is 10.8 Å². The Morgan fingerprint density at radius 2 is 1.90 bits per heavy atom. The van der Waals surface area contributed by atoms with E-state index in [0.717, 1.165) is 0 Å². The smallest absolute Gasteiger partial charge is 0.274 e. The molecule has 21 heavy (non-hydrogen) atoms. The second kappa shape index (κ2) is 6.21. The third kappa shape index (κ3) is 3.47. The van der Waals surface area contributed by atoms with Crippen molar-refractivity contribution in [3.05, 3.63) is 63.2 Å². The minimum absolute atomic E-state index is 0.0985. The summed E-state index contributed by atoms with van der Waals surface area (Å²) in [5.41, 5.74) is 1.62. The molecule has 0 aromatic heterocycles. The van der Waals surface area contributed by atoms with Crippen LogP contribution in [0.5, 0.6) is 11.5 Å². The summed E-state index contributed by atoms with van der Waals surface area (Å²) in [6.07, 6.45) is 0. The van der Waals surface area contributed by atoms with Crippen molar-refractivity contribution in [1.82, 2.24) is 5.48 Å². The van der Waals surface area contributed by atoms with Crippen LogP contribution in [0.3, 0.4) is 0 Å². The van der Waals surface area contributed by atoms with Gasteiger partial charge in [0, 0.05) is 17.7 Å². The molecule has 0 bridgehead atoms. The van der Waals surface area contributed by atoms with E-state index in [0.29, 0.717) is 5.75 Å². The molecule has 0 heterocycles. The third-order valence-electron chi connectivity index (χ3n) is 2.57. The average Bonchev–Trinajstić information content (AvgIpc) is 2.49. The van der Waals surface area contributed by atoms with Gasteiger partial charge < -0.3 is 4.74 Å². The number of hydrogen-bond acceptors (Lipinski definition) is 5. The lowest BCUT2D eigenvalue weighted by atomic mass is 10.2. The van der Waals surface area contributed by atoms with Gasteiger partial charge in [0.05, 0.1) is 9.95 Å². The monoisotopic (exact) mass is 308 g/mol. The summed E-state index contributed by atoms with van der Waals surface area (Å²) >= 11 is 5.90. The van der Waals surface area contributed by atoms with E-state index in [2.05, 4.69) is 0 Å². The number of carbonyl (C=O) groups is 1. The van der Waals surface area contributed by atoms with Crippen LogP contribution < -0.4 is 10.2 Å². The Labute approximate surface area is 123 Å². The summed E-state index contributed by atoms with van der Waals surface area (Å²) in [4.78, 5) is 21.2. The number of nitro groups is 1. The van der Waals surface area contributed by atoms with Crippen molar-refractivity contribution in [2.75, 3.05) is 0 Å². The molecule has 0 spiro atoms. The number of rotatable bonds is 4. The SMILES string of the molecule is O=C(NO)c1ccc(Oc2ccc([N+](=O)[O-])cc2Cl)cc1. The van der Waals surface area contributed by atoms with Gasteiger partial charge in [-0.25, -0.2) is 5.48 Å². The lowest BCUT2D eigenvalue weighted by molar-refractivity contribution is -0.384. The van der Waals surface area contributed by atoms with Crippen LogP contribution in [0.2, 0.25) is 5.02 Å². The van der Waals surface area contributed by atoms with Crippen LogP contribution in [0, 0.1) is 10.1 Å². The number of hydrogen-bond donors (Lipinski definition) is 2. The van der Waals surface area contributed by atoms with Gasteiger partial charge in [-0.2, -0.15) is 0 Å². The second-order valence-electron chi connectivity index (χ2n) is 3.94. The molecule has 2 N–H and O–H groups in total. The molecule has 0 aliphatic rings. The van der Waals surface area contributed by atoms with Crippen LogP contribution in [-0.4, -0.2) is 16.0 Å². The van der Waals surface area contributed by atoms with Gasteiger partial charge in [0.2, 0.25) is 0 Å². The summed E-state index contributed by atoms with van der Waals surface area (Å²) in [6.45, 7) is 0. The molecule has 8 heteroatoms. The quantitative estimate of drug-likeness (QED) is 0.513. The maximum Gasteiger partial charge on any atom is 0.274 e. The lowest BCUT2D eigenvalue weighted by Gasteiger charge is -2.08. The second-order valence-corrected chi connectivity index (χ2v) is 4.35. The lowest BCUT2D eigenvalue weighted by Crippen LogP contribution is -2.18. The van der Waals surface area contributed by atoms with Gasteiger partial charge in [0.1, 0.15) is 11.5 Å². The van der Waals surface area contributed by atoms with Crippen LogP contribution in [0.15, 0.2) is 42.5 Å². The predicted molar refractivity (Wildman–Crippen MR) is 73.9 cm³/mol. The van der Waals surface area contributed by atoms with Crippen molar-refractivity contribution in [2.24, 2.45) is 0 Å². The Kier molecular flexibility index (Phi) is 4.36. The maximum absolute atomic E-state index is 11.2. The highest BCUT2D eigenvalue weighted by Gasteiger charge is 2.11. The summed E-state index contributed by atoms with van der Waals surface area (Å²) in [5.74, 6) is -0.00297. The largest absolute Gasteiger partial charge is 0.456 e. The van der Waals surface area contributed by atoms with Gasteiger partial charge in [-0.05, 0) is 30.3 Å². The first-order valence-electron chi connectivity index (χ1n) is 5.67. The summed E-state index contributed by atoms with van der Waals surface area (Å²) in [6, 6.07) is 9.74. The number of ether oxygens (including phenoxy) is 1. The molecule has 2 aromatic carbocycles. The van der Waals surface area contributed by atoms with Crippen LogP contribution in [0.4, 0.5) is 5.69 Å². The van der Waals surface area contributed by atoms with Gasteiger partial charge in [-0.1, -0.05) is 11.6 Å². The Morgan fingerprint density at radius 3 is 2.43 bits per heavy atom. The maximum atomic E-state index is 11.2. The highest BCUT2D eigenvalue weighted by Crippen LogP contribution is 2.32. The number of amides is 1. The van der Waals surface area contributed by atoms with Crippen molar-refractivity contribution < 1.29 is 19.7 Å². The number of benzene rings is 2. The van der Waals surface area contributed by atoms with Crippen molar-refractivity contribution in [1.29, 1.82) is 0 Å². The standard InChI is InChI=1S/C13H9ClN2O5/c14-11-7-9(16(19)20)3-6-12(11)21-10-4-1-8(2-5-10)13(17)15-18/h1-7,18H,(H,15,17). The Bertz CT molecular complexity index is 687. The topological polar surface area (TPSA) is 102 Å². The minimum atomic E-state index is -0.644. The first-order chi connectivity index (χ1) is 10.0. The predicted octanol–water partition coefficient (Wildman–Crippen LogP) is 3.16. The Hall–Kier alpha value is -2.64. The minimum Gasteiger partial charge on any atom is -0.456 e. The Balaban J connectivity index is 2.18. The van der Waals surface area contributed by atoms with Crippen LogP contribution >= 0.6 is 11.6 Å². The van der Waals surface area contributed by atoms with Crippen molar-refractivity contribution in [3.63, 3.8) is 0 Å². The van der Waals surface area contributed by atoms with Crippen LogP contribution in [0.1, 0.15) is 10.4 Å². The molecule has 2 rings (SSSR count). The first kappa shape index (κ1) is 14.8. The van der Waals surface area contributed by atoms with E-state index >= 15 is 0 Å². The van der Waals surface area contributed by atoms with Crippen LogP contribution in [0.25, 0.3) is 0 Å². The third-order valence-corrected chi connectivity index (χ3v) is 2.87. The number of nitro benzene ring substituents is 1. The number of non-ortho nitro benzene ring substituents is 1. The molecule has 0 saturated heterocycles. The van der Waals surface area contributed by atoms with Gasteiger partial charge in [0.15, 0.2) is 0 Å². The molecule has 0 fully saturated rings. The van der Waals surface area contributed by atoms with E-state index in [9.17, 15) is 14.9 Å². The van der Waals surface area contributed by atoms with Gasteiger partial charge in [-0.15, -0.1) is 0 Å². The van der Waals surface area contributed by atoms with E-state index in [4.69, 9.17) is 21.5 Å². The van der Waals surface area contributed by atoms with Crippen molar-refractivity contribution >= 4 is 23.2 Å². The zero-order valence-corrected chi connectivity index (χ0v) is 11.2. The molecule has 0 saturated carbocycles. The molecule has 0 atom stereocenters. The van der Waals surface area contributed by atoms with E-state index in [-0.39, 0.29) is 22.0 Å². The first-order valence-corrected chi connectivity index (χ1v) is 6.05. The fraction of sp³-hybridized carbons (Fsp3) is 0. The highest BCUT2D eigenvalue weighted by atomic mass is 35.5. The average molecular weight is 309 g/mol. The number of halogens is 1. The number of nitrogens with one attached hydrogen (secondary N) is 1.